The summed E-state index contributed by atoms with van der Waals surface area (Å²) in [5, 5.41) is 5.76. The average molecular weight is 313 g/mol. The first-order valence-corrected chi connectivity index (χ1v) is 6.85. The van der Waals surface area contributed by atoms with Gasteiger partial charge in [0.1, 0.15) is 5.69 Å². The van der Waals surface area contributed by atoms with Gasteiger partial charge in [-0.05, 0) is 18.9 Å². The van der Waals surface area contributed by atoms with E-state index in [0.717, 1.165) is 12.5 Å². The molecule has 0 spiro atoms. The second kappa shape index (κ2) is 5.47. The third-order valence-corrected chi connectivity index (χ3v) is 3.77. The van der Waals surface area contributed by atoms with Crippen LogP contribution in [0.3, 0.4) is 0 Å². The largest absolute Gasteiger partial charge is 0.435 e. The lowest BCUT2D eigenvalue weighted by Crippen LogP contribution is -2.39. The van der Waals surface area contributed by atoms with E-state index in [1.807, 2.05) is 0 Å². The molecule has 6 nitrogen and oxygen atoms in total. The predicted molar refractivity (Wildman–Crippen MR) is 70.1 cm³/mol. The summed E-state index contributed by atoms with van der Waals surface area (Å²) in [6, 6.07) is 1.02. The Kier molecular flexibility index (Phi) is 3.63. The standard InChI is InChI=1S/C13H14F3N5O/c14-13(15,16)11-4-9(19-20-11)8-2-1-3-21(6-8)12(22)10-5-17-7-18-10/h4-5,7-8H,1-3,6H2,(H,17,18)(H,19,20)/t8-/m1/s1. The number of rotatable bonds is 2. The van der Waals surface area contributed by atoms with E-state index >= 15 is 0 Å². The van der Waals surface area contributed by atoms with Crippen molar-refractivity contribution in [3.8, 4) is 0 Å². The maximum absolute atomic E-state index is 12.6. The molecule has 2 aromatic heterocycles. The number of hydrogen-bond donors (Lipinski definition) is 2. The van der Waals surface area contributed by atoms with Gasteiger partial charge in [-0.2, -0.15) is 18.3 Å². The molecule has 1 aliphatic heterocycles. The Labute approximate surface area is 123 Å². The van der Waals surface area contributed by atoms with Crippen molar-refractivity contribution in [2.45, 2.75) is 24.9 Å². The van der Waals surface area contributed by atoms with Crippen LogP contribution in [0.2, 0.25) is 0 Å². The van der Waals surface area contributed by atoms with Crippen LogP contribution in [0.15, 0.2) is 18.6 Å². The lowest BCUT2D eigenvalue weighted by Gasteiger charge is -2.31. The minimum Gasteiger partial charge on any atom is -0.341 e. The first-order valence-electron chi connectivity index (χ1n) is 6.85. The van der Waals surface area contributed by atoms with Gasteiger partial charge in [-0.15, -0.1) is 0 Å². The molecule has 1 aliphatic rings. The Hall–Kier alpha value is -2.32. The Morgan fingerprint density at radius 3 is 2.86 bits per heavy atom. The van der Waals surface area contributed by atoms with E-state index in [-0.39, 0.29) is 11.8 Å². The Morgan fingerprint density at radius 2 is 2.23 bits per heavy atom. The van der Waals surface area contributed by atoms with E-state index < -0.39 is 11.9 Å². The van der Waals surface area contributed by atoms with Crippen LogP contribution in [-0.4, -0.2) is 44.1 Å². The van der Waals surface area contributed by atoms with Gasteiger partial charge in [-0.25, -0.2) is 4.98 Å². The van der Waals surface area contributed by atoms with Gasteiger partial charge in [0.2, 0.25) is 0 Å². The second-order valence-corrected chi connectivity index (χ2v) is 5.26. The van der Waals surface area contributed by atoms with E-state index in [4.69, 9.17) is 0 Å². The smallest absolute Gasteiger partial charge is 0.341 e. The van der Waals surface area contributed by atoms with Crippen LogP contribution in [0.25, 0.3) is 0 Å². The summed E-state index contributed by atoms with van der Waals surface area (Å²) in [5.74, 6) is -0.373. The molecule has 2 aromatic rings. The number of alkyl halides is 3. The predicted octanol–water partition coefficient (Wildman–Crippen LogP) is 2.17. The molecule has 3 heterocycles. The molecule has 2 N–H and O–H groups in total. The van der Waals surface area contributed by atoms with Crippen molar-refractivity contribution in [2.75, 3.05) is 13.1 Å². The fourth-order valence-corrected chi connectivity index (χ4v) is 2.65. The van der Waals surface area contributed by atoms with Gasteiger partial charge in [-0.1, -0.05) is 0 Å². The SMILES string of the molecule is O=C(c1cnc[nH]1)N1CCC[C@@H](c2cc(C(F)(F)F)n[nH]2)C1. The zero-order chi connectivity index (χ0) is 15.7. The number of likely N-dealkylation sites (tertiary alicyclic amines) is 1. The Balaban J connectivity index is 1.73. The molecule has 9 heteroatoms. The van der Waals surface area contributed by atoms with Crippen molar-refractivity contribution in [3.63, 3.8) is 0 Å². The number of aromatic amines is 2. The van der Waals surface area contributed by atoms with Gasteiger partial charge in [-0.3, -0.25) is 9.89 Å². The molecule has 1 saturated heterocycles. The number of H-pyrrole nitrogens is 2. The highest BCUT2D eigenvalue weighted by Gasteiger charge is 2.35. The van der Waals surface area contributed by atoms with Gasteiger partial charge < -0.3 is 9.88 Å². The highest BCUT2D eigenvalue weighted by atomic mass is 19.4. The van der Waals surface area contributed by atoms with Crippen LogP contribution >= 0.6 is 0 Å². The van der Waals surface area contributed by atoms with Gasteiger partial charge in [0.15, 0.2) is 5.69 Å². The number of hydrogen-bond acceptors (Lipinski definition) is 3. The molecule has 0 saturated carbocycles. The summed E-state index contributed by atoms with van der Waals surface area (Å²) in [4.78, 5) is 20.4. The zero-order valence-corrected chi connectivity index (χ0v) is 11.5. The monoisotopic (exact) mass is 313 g/mol. The number of carbonyl (C=O) groups is 1. The minimum atomic E-state index is -4.46. The van der Waals surface area contributed by atoms with Gasteiger partial charge in [0, 0.05) is 24.7 Å². The number of nitrogens with zero attached hydrogens (tertiary/aromatic N) is 3. The molecule has 1 amide bonds. The first kappa shape index (κ1) is 14.6. The number of aromatic nitrogens is 4. The number of carbonyl (C=O) groups excluding carboxylic acids is 1. The number of piperidine rings is 1. The maximum atomic E-state index is 12.6. The summed E-state index contributed by atoms with van der Waals surface area (Å²) < 4.78 is 37.8. The number of imidazole rings is 1. The van der Waals surface area contributed by atoms with Crippen molar-refractivity contribution < 1.29 is 18.0 Å². The molecule has 0 aromatic carbocycles. The van der Waals surface area contributed by atoms with E-state index in [2.05, 4.69) is 20.2 Å². The molecule has 0 unspecified atom stereocenters. The van der Waals surface area contributed by atoms with Crippen molar-refractivity contribution in [1.82, 2.24) is 25.1 Å². The minimum absolute atomic E-state index is 0.177. The molecule has 118 valence electrons. The highest BCUT2D eigenvalue weighted by molar-refractivity contribution is 5.92. The van der Waals surface area contributed by atoms with Crippen LogP contribution in [0.4, 0.5) is 13.2 Å². The summed E-state index contributed by atoms with van der Waals surface area (Å²) in [7, 11) is 0. The third-order valence-electron chi connectivity index (χ3n) is 3.77. The number of nitrogens with one attached hydrogen (secondary N) is 2. The summed E-state index contributed by atoms with van der Waals surface area (Å²) in [6.07, 6.45) is -0.172. The first-order chi connectivity index (χ1) is 10.4. The van der Waals surface area contributed by atoms with E-state index in [0.29, 0.717) is 30.9 Å². The van der Waals surface area contributed by atoms with Crippen LogP contribution in [0.5, 0.6) is 0 Å². The van der Waals surface area contributed by atoms with E-state index in [1.165, 1.54) is 12.5 Å². The van der Waals surface area contributed by atoms with Crippen molar-refractivity contribution in [1.29, 1.82) is 0 Å². The Morgan fingerprint density at radius 1 is 1.41 bits per heavy atom. The average Bonchev–Trinajstić information content (AvgIpc) is 3.17. The molecular weight excluding hydrogens is 299 g/mol. The van der Waals surface area contributed by atoms with Crippen molar-refractivity contribution >= 4 is 5.91 Å². The normalized spacial score (nSPS) is 19.4. The summed E-state index contributed by atoms with van der Waals surface area (Å²) in [5.41, 5.74) is -0.143. The van der Waals surface area contributed by atoms with Crippen LogP contribution in [0, 0.1) is 0 Å². The quantitative estimate of drug-likeness (QED) is 0.892. The molecule has 1 atom stereocenters. The van der Waals surface area contributed by atoms with Crippen LogP contribution in [0.1, 0.15) is 40.6 Å². The molecule has 1 fully saturated rings. The second-order valence-electron chi connectivity index (χ2n) is 5.26. The zero-order valence-electron chi connectivity index (χ0n) is 11.5. The fraction of sp³-hybridized carbons (Fsp3) is 0.462. The molecule has 0 bridgehead atoms. The fourth-order valence-electron chi connectivity index (χ4n) is 2.65. The van der Waals surface area contributed by atoms with E-state index in [9.17, 15) is 18.0 Å². The van der Waals surface area contributed by atoms with Gasteiger partial charge >= 0.3 is 6.18 Å². The van der Waals surface area contributed by atoms with E-state index in [1.54, 1.807) is 4.90 Å². The third kappa shape index (κ3) is 2.83. The lowest BCUT2D eigenvalue weighted by atomic mass is 9.94. The molecule has 0 radical (unpaired) electrons. The van der Waals surface area contributed by atoms with Crippen molar-refractivity contribution in [2.24, 2.45) is 0 Å². The summed E-state index contributed by atoms with van der Waals surface area (Å²) in [6.45, 7) is 0.936. The number of amides is 1. The maximum Gasteiger partial charge on any atom is 0.435 e. The molecule has 0 aliphatic carbocycles. The number of halogens is 3. The molecule has 3 rings (SSSR count). The molecular formula is C13H14F3N5O. The molecule has 22 heavy (non-hydrogen) atoms. The van der Waals surface area contributed by atoms with Crippen LogP contribution in [-0.2, 0) is 6.18 Å². The topological polar surface area (TPSA) is 77.7 Å². The summed E-state index contributed by atoms with van der Waals surface area (Å²) >= 11 is 0. The highest BCUT2D eigenvalue weighted by Crippen LogP contribution is 2.32. The van der Waals surface area contributed by atoms with Gasteiger partial charge in [0.25, 0.3) is 5.91 Å². The van der Waals surface area contributed by atoms with Crippen LogP contribution < -0.4 is 0 Å². The van der Waals surface area contributed by atoms with Gasteiger partial charge in [0.05, 0.1) is 12.5 Å². The Bertz CT molecular complexity index is 649. The lowest BCUT2D eigenvalue weighted by molar-refractivity contribution is -0.141. The van der Waals surface area contributed by atoms with Crippen molar-refractivity contribution in [3.05, 3.63) is 35.7 Å².